The summed E-state index contributed by atoms with van der Waals surface area (Å²) < 4.78 is 0. The van der Waals surface area contributed by atoms with Gasteiger partial charge in [0.2, 0.25) is 5.91 Å². The Hall–Kier alpha value is -0.870. The molecule has 1 rings (SSSR count). The van der Waals surface area contributed by atoms with E-state index in [0.29, 0.717) is 6.42 Å². The first-order valence-corrected chi connectivity index (χ1v) is 5.52. The zero-order valence-corrected chi connectivity index (χ0v) is 9.23. The number of thiophene rings is 1. The van der Waals surface area contributed by atoms with E-state index in [4.69, 9.17) is 5.11 Å². The number of nitrogens with one attached hydrogen (secondary N) is 1. The fourth-order valence-electron chi connectivity index (χ4n) is 1.11. The van der Waals surface area contributed by atoms with E-state index in [2.05, 4.69) is 5.32 Å². The van der Waals surface area contributed by atoms with Crippen molar-refractivity contribution < 1.29 is 9.90 Å². The average Bonchev–Trinajstić information content (AvgIpc) is 2.54. The number of rotatable bonds is 4. The summed E-state index contributed by atoms with van der Waals surface area (Å²) in [5, 5.41) is 14.6. The monoisotopic (exact) mass is 213 g/mol. The van der Waals surface area contributed by atoms with E-state index < -0.39 is 0 Å². The molecule has 0 aliphatic rings. The van der Waals surface area contributed by atoms with Crippen LogP contribution in [-0.2, 0) is 4.79 Å². The summed E-state index contributed by atoms with van der Waals surface area (Å²) in [6.07, 6.45) is 0.659. The molecule has 4 heteroatoms. The SMILES string of the molecule is CCC(CO)C(=O)Nc1sccc1C. The van der Waals surface area contributed by atoms with Gasteiger partial charge in [-0.05, 0) is 30.4 Å². The highest BCUT2D eigenvalue weighted by atomic mass is 32.1. The lowest BCUT2D eigenvalue weighted by Crippen LogP contribution is -2.24. The van der Waals surface area contributed by atoms with E-state index in [1.807, 2.05) is 25.3 Å². The molecule has 78 valence electrons. The molecule has 1 aromatic heterocycles. The van der Waals surface area contributed by atoms with E-state index in [1.54, 1.807) is 0 Å². The standard InChI is InChI=1S/C10H15NO2S/c1-3-8(6-12)9(13)11-10-7(2)4-5-14-10/h4-5,8,12H,3,6H2,1-2H3,(H,11,13). The molecule has 0 bridgehead atoms. The second-order valence-corrected chi connectivity index (χ2v) is 4.13. The third-order valence-corrected chi connectivity index (χ3v) is 3.11. The molecule has 0 fully saturated rings. The fraction of sp³-hybridized carbons (Fsp3) is 0.500. The van der Waals surface area contributed by atoms with Crippen LogP contribution in [0.5, 0.6) is 0 Å². The topological polar surface area (TPSA) is 49.3 Å². The van der Waals surface area contributed by atoms with Crippen molar-refractivity contribution in [2.24, 2.45) is 5.92 Å². The van der Waals surface area contributed by atoms with Gasteiger partial charge >= 0.3 is 0 Å². The molecule has 1 unspecified atom stereocenters. The molecule has 0 aliphatic heterocycles. The quantitative estimate of drug-likeness (QED) is 0.803. The lowest BCUT2D eigenvalue weighted by Gasteiger charge is -2.11. The minimum Gasteiger partial charge on any atom is -0.396 e. The number of aryl methyl sites for hydroxylation is 1. The molecule has 0 saturated heterocycles. The van der Waals surface area contributed by atoms with Gasteiger partial charge in [-0.2, -0.15) is 0 Å². The van der Waals surface area contributed by atoms with Crippen molar-refractivity contribution in [3.05, 3.63) is 17.0 Å². The summed E-state index contributed by atoms with van der Waals surface area (Å²) in [5.74, 6) is -0.392. The minimum atomic E-state index is -0.295. The molecular weight excluding hydrogens is 198 g/mol. The molecule has 1 heterocycles. The zero-order chi connectivity index (χ0) is 10.6. The smallest absolute Gasteiger partial charge is 0.230 e. The Labute approximate surface area is 87.8 Å². The molecule has 2 N–H and O–H groups in total. The molecule has 1 aromatic rings. The zero-order valence-electron chi connectivity index (χ0n) is 8.41. The van der Waals surface area contributed by atoms with Gasteiger partial charge in [0.05, 0.1) is 17.5 Å². The molecule has 0 saturated carbocycles. The highest BCUT2D eigenvalue weighted by Crippen LogP contribution is 2.22. The van der Waals surface area contributed by atoms with Crippen molar-refractivity contribution in [1.82, 2.24) is 0 Å². The van der Waals surface area contributed by atoms with Crippen LogP contribution in [-0.4, -0.2) is 17.6 Å². The third-order valence-electron chi connectivity index (χ3n) is 2.18. The average molecular weight is 213 g/mol. The first-order valence-electron chi connectivity index (χ1n) is 4.64. The third kappa shape index (κ3) is 2.56. The van der Waals surface area contributed by atoms with Crippen molar-refractivity contribution in [3.8, 4) is 0 Å². The molecule has 1 amide bonds. The molecule has 0 aromatic carbocycles. The van der Waals surface area contributed by atoms with Crippen LogP contribution in [0.4, 0.5) is 5.00 Å². The van der Waals surface area contributed by atoms with Crippen LogP contribution in [0.3, 0.4) is 0 Å². The van der Waals surface area contributed by atoms with Crippen molar-refractivity contribution in [3.63, 3.8) is 0 Å². The van der Waals surface area contributed by atoms with Crippen LogP contribution in [0.2, 0.25) is 0 Å². The van der Waals surface area contributed by atoms with Gasteiger partial charge in [0.15, 0.2) is 0 Å². The summed E-state index contributed by atoms with van der Waals surface area (Å²) in [6.45, 7) is 3.75. The highest BCUT2D eigenvalue weighted by Gasteiger charge is 2.16. The van der Waals surface area contributed by atoms with Gasteiger partial charge in [-0.15, -0.1) is 11.3 Å². The predicted octanol–water partition coefficient (Wildman–Crippen LogP) is 2.01. The second-order valence-electron chi connectivity index (χ2n) is 3.21. The Morgan fingerprint density at radius 2 is 2.43 bits per heavy atom. The number of anilines is 1. The number of aliphatic hydroxyl groups excluding tert-OH is 1. The predicted molar refractivity (Wildman–Crippen MR) is 58.6 cm³/mol. The summed E-state index contributed by atoms with van der Waals surface area (Å²) in [6, 6.07) is 1.96. The molecule has 0 spiro atoms. The molecule has 1 atom stereocenters. The first-order chi connectivity index (χ1) is 6.69. The lowest BCUT2D eigenvalue weighted by atomic mass is 10.1. The Bertz CT molecular complexity index is 305. The normalized spacial score (nSPS) is 12.5. The largest absolute Gasteiger partial charge is 0.396 e. The van der Waals surface area contributed by atoms with E-state index in [-0.39, 0.29) is 18.4 Å². The fourth-order valence-corrected chi connectivity index (χ4v) is 1.93. The minimum absolute atomic E-state index is 0.0905. The molecule has 0 aliphatic carbocycles. The van der Waals surface area contributed by atoms with Crippen LogP contribution >= 0.6 is 11.3 Å². The lowest BCUT2D eigenvalue weighted by molar-refractivity contribution is -0.121. The first kappa shape index (κ1) is 11.2. The summed E-state index contributed by atoms with van der Waals surface area (Å²) in [5.41, 5.74) is 1.07. The van der Waals surface area contributed by atoms with Crippen molar-refractivity contribution in [2.75, 3.05) is 11.9 Å². The van der Waals surface area contributed by atoms with Crippen molar-refractivity contribution in [2.45, 2.75) is 20.3 Å². The van der Waals surface area contributed by atoms with Gasteiger partial charge in [-0.1, -0.05) is 6.92 Å². The molecular formula is C10H15NO2S. The van der Waals surface area contributed by atoms with Gasteiger partial charge in [0.1, 0.15) is 0 Å². The summed E-state index contributed by atoms with van der Waals surface area (Å²) >= 11 is 1.50. The van der Waals surface area contributed by atoms with E-state index in [1.165, 1.54) is 11.3 Å². The van der Waals surface area contributed by atoms with Gasteiger partial charge in [-0.3, -0.25) is 4.79 Å². The Kier molecular flexibility index (Phi) is 4.10. The van der Waals surface area contributed by atoms with Crippen LogP contribution in [0.1, 0.15) is 18.9 Å². The summed E-state index contributed by atoms with van der Waals surface area (Å²) in [7, 11) is 0. The Balaban J connectivity index is 2.61. The number of carbonyl (C=O) groups is 1. The maximum absolute atomic E-state index is 11.6. The van der Waals surface area contributed by atoms with Crippen LogP contribution < -0.4 is 5.32 Å². The highest BCUT2D eigenvalue weighted by molar-refractivity contribution is 7.14. The van der Waals surface area contributed by atoms with E-state index >= 15 is 0 Å². The van der Waals surface area contributed by atoms with Gasteiger partial charge in [0.25, 0.3) is 0 Å². The van der Waals surface area contributed by atoms with Gasteiger partial charge in [0, 0.05) is 0 Å². The number of aliphatic hydroxyl groups is 1. The van der Waals surface area contributed by atoms with Crippen LogP contribution in [0.25, 0.3) is 0 Å². The number of amides is 1. The number of hydrogen-bond donors (Lipinski definition) is 2. The molecule has 0 radical (unpaired) electrons. The van der Waals surface area contributed by atoms with E-state index in [0.717, 1.165) is 10.6 Å². The Morgan fingerprint density at radius 1 is 1.71 bits per heavy atom. The van der Waals surface area contributed by atoms with Gasteiger partial charge < -0.3 is 10.4 Å². The second kappa shape index (κ2) is 5.12. The van der Waals surface area contributed by atoms with Crippen molar-refractivity contribution >= 4 is 22.2 Å². The Morgan fingerprint density at radius 3 is 2.86 bits per heavy atom. The number of hydrogen-bond acceptors (Lipinski definition) is 3. The maximum Gasteiger partial charge on any atom is 0.230 e. The van der Waals surface area contributed by atoms with Crippen molar-refractivity contribution in [1.29, 1.82) is 0 Å². The number of carbonyl (C=O) groups excluding carboxylic acids is 1. The molecule has 14 heavy (non-hydrogen) atoms. The van der Waals surface area contributed by atoms with Gasteiger partial charge in [-0.25, -0.2) is 0 Å². The van der Waals surface area contributed by atoms with Crippen LogP contribution in [0, 0.1) is 12.8 Å². The van der Waals surface area contributed by atoms with Crippen LogP contribution in [0.15, 0.2) is 11.4 Å². The maximum atomic E-state index is 11.6. The molecule has 3 nitrogen and oxygen atoms in total. The summed E-state index contributed by atoms with van der Waals surface area (Å²) in [4.78, 5) is 11.6. The van der Waals surface area contributed by atoms with E-state index in [9.17, 15) is 4.79 Å².